The summed E-state index contributed by atoms with van der Waals surface area (Å²) in [5, 5.41) is 8.52. The van der Waals surface area contributed by atoms with E-state index < -0.39 is 5.97 Å². The minimum atomic E-state index is -0.981. The third-order valence-corrected chi connectivity index (χ3v) is 1.19. The summed E-state index contributed by atoms with van der Waals surface area (Å²) in [6, 6.07) is 2.77. The molecule has 1 aromatic rings. The minimum Gasteiger partial charge on any atom is -0.481 e. The Morgan fingerprint density at radius 3 is 2.83 bits per heavy atom. The lowest BCUT2D eigenvalue weighted by atomic mass is 10.3. The fourth-order valence-corrected chi connectivity index (χ4v) is 0.654. The molecule has 0 bridgehead atoms. The van der Waals surface area contributed by atoms with Crippen molar-refractivity contribution in [3.63, 3.8) is 0 Å². The average molecular weight is 190 g/mol. The van der Waals surface area contributed by atoms with Crippen molar-refractivity contribution in [3.05, 3.63) is 23.9 Å². The van der Waals surface area contributed by atoms with Gasteiger partial charge in [-0.3, -0.25) is 0 Å². The lowest BCUT2D eigenvalue weighted by molar-refractivity contribution is 0.0696. The zero-order valence-corrected chi connectivity index (χ0v) is 7.17. The molecular formula is C7H8ClNO3. The number of ether oxygens (including phenoxy) is 1. The van der Waals surface area contributed by atoms with Crippen molar-refractivity contribution in [1.82, 2.24) is 4.98 Å². The molecule has 5 heteroatoms. The van der Waals surface area contributed by atoms with E-state index in [4.69, 9.17) is 9.84 Å². The largest absolute Gasteiger partial charge is 0.481 e. The maximum absolute atomic E-state index is 10.4. The molecule has 66 valence electrons. The molecule has 0 saturated carbocycles. The Morgan fingerprint density at radius 2 is 2.33 bits per heavy atom. The number of carboxylic acids is 1. The van der Waals surface area contributed by atoms with Crippen LogP contribution in [0.1, 0.15) is 10.4 Å². The minimum absolute atomic E-state index is 0. The van der Waals surface area contributed by atoms with Gasteiger partial charge in [-0.1, -0.05) is 0 Å². The van der Waals surface area contributed by atoms with Gasteiger partial charge in [0.05, 0.1) is 12.7 Å². The van der Waals surface area contributed by atoms with Crippen LogP contribution in [0, 0.1) is 0 Å². The van der Waals surface area contributed by atoms with Crippen molar-refractivity contribution in [2.75, 3.05) is 7.11 Å². The molecule has 0 saturated heterocycles. The van der Waals surface area contributed by atoms with E-state index in [1.807, 2.05) is 0 Å². The molecule has 0 spiro atoms. The van der Waals surface area contributed by atoms with Crippen LogP contribution in [-0.2, 0) is 0 Å². The second-order valence-corrected chi connectivity index (χ2v) is 1.89. The summed E-state index contributed by atoms with van der Waals surface area (Å²) in [4.78, 5) is 14.1. The highest BCUT2D eigenvalue weighted by Gasteiger charge is 2.02. The number of carboxylic acid groups (broad SMARTS) is 1. The van der Waals surface area contributed by atoms with E-state index >= 15 is 0 Å². The molecule has 0 aliphatic rings. The van der Waals surface area contributed by atoms with Gasteiger partial charge in [0.1, 0.15) is 0 Å². The highest BCUT2D eigenvalue weighted by molar-refractivity contribution is 5.87. The Hall–Kier alpha value is -1.29. The molecule has 0 aliphatic carbocycles. The van der Waals surface area contributed by atoms with Crippen molar-refractivity contribution < 1.29 is 14.6 Å². The predicted molar refractivity (Wildman–Crippen MR) is 45.0 cm³/mol. The lowest BCUT2D eigenvalue weighted by Gasteiger charge is -1.97. The lowest BCUT2D eigenvalue weighted by Crippen LogP contribution is -1.97. The molecular weight excluding hydrogens is 182 g/mol. The van der Waals surface area contributed by atoms with Gasteiger partial charge in [0.15, 0.2) is 0 Å². The summed E-state index contributed by atoms with van der Waals surface area (Å²) >= 11 is 0. The quantitative estimate of drug-likeness (QED) is 0.760. The van der Waals surface area contributed by atoms with Gasteiger partial charge in [0.2, 0.25) is 5.88 Å². The molecule has 0 fully saturated rings. The van der Waals surface area contributed by atoms with Crippen LogP contribution in [0.3, 0.4) is 0 Å². The average Bonchev–Trinajstić information content (AvgIpc) is 2.05. The Balaban J connectivity index is 0.00000121. The first kappa shape index (κ1) is 10.7. The number of aromatic carboxylic acids is 1. The predicted octanol–water partition coefficient (Wildman–Crippen LogP) is 1.21. The van der Waals surface area contributed by atoms with E-state index in [2.05, 4.69) is 4.98 Å². The van der Waals surface area contributed by atoms with Crippen molar-refractivity contribution >= 4 is 18.4 Å². The molecule has 0 radical (unpaired) electrons. The molecule has 1 N–H and O–H groups in total. The topological polar surface area (TPSA) is 59.4 Å². The number of hydrogen-bond donors (Lipinski definition) is 1. The third kappa shape index (κ3) is 2.39. The summed E-state index contributed by atoms with van der Waals surface area (Å²) in [6.07, 6.45) is 1.39. The van der Waals surface area contributed by atoms with Crippen molar-refractivity contribution in [3.8, 4) is 5.88 Å². The Bertz CT molecular complexity index is 277. The Morgan fingerprint density at radius 1 is 1.67 bits per heavy atom. The van der Waals surface area contributed by atoms with Crippen molar-refractivity contribution in [2.24, 2.45) is 0 Å². The molecule has 0 aliphatic heterocycles. The molecule has 0 aromatic carbocycles. The number of aromatic nitrogens is 1. The zero-order valence-electron chi connectivity index (χ0n) is 6.35. The number of nitrogens with zero attached hydrogens (tertiary/aromatic N) is 1. The van der Waals surface area contributed by atoms with Crippen molar-refractivity contribution in [2.45, 2.75) is 0 Å². The molecule has 12 heavy (non-hydrogen) atoms. The summed E-state index contributed by atoms with van der Waals surface area (Å²) in [5.41, 5.74) is 0.178. The summed E-state index contributed by atoms with van der Waals surface area (Å²) in [5.74, 6) is -0.671. The molecule has 1 aromatic heterocycles. The van der Waals surface area contributed by atoms with E-state index in [9.17, 15) is 4.79 Å². The van der Waals surface area contributed by atoms with Gasteiger partial charge in [-0.25, -0.2) is 9.78 Å². The fraction of sp³-hybridized carbons (Fsp3) is 0.143. The number of methoxy groups -OCH3 is 1. The standard InChI is InChI=1S/C7H7NO3.ClH/c1-11-6-4-5(7(9)10)2-3-8-6;/h2-4H,1H3,(H,9,10);1H. The Labute approximate surface area is 75.6 Å². The van der Waals surface area contributed by atoms with Crippen LogP contribution >= 0.6 is 12.4 Å². The highest BCUT2D eigenvalue weighted by Crippen LogP contribution is 2.07. The van der Waals surface area contributed by atoms with Crippen LogP contribution in [0.2, 0.25) is 0 Å². The molecule has 0 unspecified atom stereocenters. The first-order chi connectivity index (χ1) is 5.24. The molecule has 4 nitrogen and oxygen atoms in total. The highest BCUT2D eigenvalue weighted by atomic mass is 35.5. The number of rotatable bonds is 2. The summed E-state index contributed by atoms with van der Waals surface area (Å²) in [7, 11) is 1.44. The molecule has 0 atom stereocenters. The van der Waals surface area contributed by atoms with Crippen LogP contribution in [0.15, 0.2) is 18.3 Å². The van der Waals surface area contributed by atoms with Crippen molar-refractivity contribution in [1.29, 1.82) is 0 Å². The fourth-order valence-electron chi connectivity index (χ4n) is 0.654. The van der Waals surface area contributed by atoms with E-state index in [1.54, 1.807) is 0 Å². The monoisotopic (exact) mass is 189 g/mol. The SMILES string of the molecule is COc1cc(C(=O)O)ccn1.Cl. The van der Waals surface area contributed by atoms with Gasteiger partial charge < -0.3 is 9.84 Å². The van der Waals surface area contributed by atoms with Gasteiger partial charge in [-0.15, -0.1) is 12.4 Å². The van der Waals surface area contributed by atoms with Gasteiger partial charge in [-0.05, 0) is 6.07 Å². The van der Waals surface area contributed by atoms with Gasteiger partial charge in [-0.2, -0.15) is 0 Å². The summed E-state index contributed by atoms with van der Waals surface area (Å²) < 4.78 is 4.73. The molecule has 1 heterocycles. The van der Waals surface area contributed by atoms with E-state index in [0.717, 1.165) is 0 Å². The number of carbonyl (C=O) groups is 1. The Kier molecular flexibility index (Phi) is 4.07. The second kappa shape index (κ2) is 4.56. The normalized spacial score (nSPS) is 8.42. The van der Waals surface area contributed by atoms with E-state index in [0.29, 0.717) is 5.88 Å². The first-order valence-corrected chi connectivity index (χ1v) is 2.97. The number of pyridine rings is 1. The first-order valence-electron chi connectivity index (χ1n) is 2.97. The van der Waals surface area contributed by atoms with Crippen LogP contribution in [0.5, 0.6) is 5.88 Å². The maximum Gasteiger partial charge on any atom is 0.335 e. The van der Waals surface area contributed by atoms with Crippen LogP contribution in [0.4, 0.5) is 0 Å². The van der Waals surface area contributed by atoms with E-state index in [1.165, 1.54) is 25.4 Å². The number of hydrogen-bond acceptors (Lipinski definition) is 3. The number of halogens is 1. The van der Waals surface area contributed by atoms with Gasteiger partial charge >= 0.3 is 5.97 Å². The maximum atomic E-state index is 10.4. The molecule has 0 amide bonds. The van der Waals surface area contributed by atoms with Gasteiger partial charge in [0.25, 0.3) is 0 Å². The zero-order chi connectivity index (χ0) is 8.27. The van der Waals surface area contributed by atoms with Gasteiger partial charge in [0, 0.05) is 12.3 Å². The molecule has 1 rings (SSSR count). The third-order valence-electron chi connectivity index (χ3n) is 1.19. The van der Waals surface area contributed by atoms with E-state index in [-0.39, 0.29) is 18.0 Å². The second-order valence-electron chi connectivity index (χ2n) is 1.89. The van der Waals surface area contributed by atoms with Crippen LogP contribution < -0.4 is 4.74 Å². The van der Waals surface area contributed by atoms with Crippen LogP contribution in [-0.4, -0.2) is 23.2 Å². The van der Waals surface area contributed by atoms with Crippen LogP contribution in [0.25, 0.3) is 0 Å². The summed E-state index contributed by atoms with van der Waals surface area (Å²) in [6.45, 7) is 0. The smallest absolute Gasteiger partial charge is 0.335 e.